The van der Waals surface area contributed by atoms with Crippen LogP contribution in [0.4, 0.5) is 5.69 Å². The van der Waals surface area contributed by atoms with Crippen LogP contribution >= 0.6 is 11.8 Å². The minimum absolute atomic E-state index is 0.0613. The highest BCUT2D eigenvalue weighted by Crippen LogP contribution is 2.36. The molecule has 0 radical (unpaired) electrons. The van der Waals surface area contributed by atoms with E-state index in [1.165, 1.54) is 11.0 Å². The molecule has 0 aromatic heterocycles. The highest BCUT2D eigenvalue weighted by atomic mass is 32.2. The van der Waals surface area contributed by atoms with Crippen molar-refractivity contribution in [1.82, 2.24) is 0 Å². The predicted molar refractivity (Wildman–Crippen MR) is 91.3 cm³/mol. The van der Waals surface area contributed by atoms with E-state index in [0.717, 1.165) is 17.3 Å². The van der Waals surface area contributed by atoms with Crippen LogP contribution in [0.1, 0.15) is 22.3 Å². The number of anilines is 1. The Balaban J connectivity index is 1.88. The van der Waals surface area contributed by atoms with E-state index in [1.807, 2.05) is 19.1 Å². The van der Waals surface area contributed by atoms with E-state index in [2.05, 4.69) is 0 Å². The Morgan fingerprint density at radius 1 is 1.12 bits per heavy atom. The lowest BCUT2D eigenvalue weighted by Crippen LogP contribution is -2.31. The van der Waals surface area contributed by atoms with Gasteiger partial charge in [-0.1, -0.05) is 30.3 Å². The summed E-state index contributed by atoms with van der Waals surface area (Å²) in [6.07, 6.45) is 0.0613. The summed E-state index contributed by atoms with van der Waals surface area (Å²) < 4.78 is 0. The number of carboxylic acid groups (broad SMARTS) is 1. The number of nitrogens with zero attached hydrogens (tertiary/aromatic N) is 1. The molecule has 0 unspecified atom stereocenters. The Morgan fingerprint density at radius 3 is 2.50 bits per heavy atom. The first-order valence-electron chi connectivity index (χ1n) is 7.40. The number of carbonyl (C=O) groups is 3. The van der Waals surface area contributed by atoms with Crippen LogP contribution in [0, 0.1) is 6.92 Å². The standard InChI is InChI=1S/C18H15NO4S/c1-11-6-2-4-8-13(11)19-16(20)10-15(17(19)21)24-14-9-5-3-7-12(14)18(22)23/h2-9,15H,10H2,1H3,(H,22,23)/t15-/m1/s1. The molecule has 0 spiro atoms. The van der Waals surface area contributed by atoms with Gasteiger partial charge in [-0.05, 0) is 30.7 Å². The minimum atomic E-state index is -1.05. The van der Waals surface area contributed by atoms with E-state index < -0.39 is 11.2 Å². The number of rotatable bonds is 4. The van der Waals surface area contributed by atoms with E-state index >= 15 is 0 Å². The van der Waals surface area contributed by atoms with E-state index in [0.29, 0.717) is 10.6 Å². The molecule has 24 heavy (non-hydrogen) atoms. The van der Waals surface area contributed by atoms with Crippen molar-refractivity contribution in [3.05, 3.63) is 59.7 Å². The highest BCUT2D eigenvalue weighted by Gasteiger charge is 2.41. The van der Waals surface area contributed by atoms with Crippen molar-refractivity contribution >= 4 is 35.2 Å². The number of aryl methyl sites for hydroxylation is 1. The highest BCUT2D eigenvalue weighted by molar-refractivity contribution is 8.00. The van der Waals surface area contributed by atoms with Crippen molar-refractivity contribution in [2.75, 3.05) is 4.90 Å². The van der Waals surface area contributed by atoms with Gasteiger partial charge in [-0.25, -0.2) is 9.69 Å². The number of thioether (sulfide) groups is 1. The van der Waals surface area contributed by atoms with Crippen LogP contribution < -0.4 is 4.90 Å². The van der Waals surface area contributed by atoms with E-state index in [9.17, 15) is 19.5 Å². The Bertz CT molecular complexity index is 833. The molecule has 2 aromatic rings. The van der Waals surface area contributed by atoms with Gasteiger partial charge in [-0.15, -0.1) is 11.8 Å². The Morgan fingerprint density at radius 2 is 1.79 bits per heavy atom. The van der Waals surface area contributed by atoms with Crippen molar-refractivity contribution in [3.8, 4) is 0 Å². The van der Waals surface area contributed by atoms with Crippen molar-refractivity contribution in [3.63, 3.8) is 0 Å². The van der Waals surface area contributed by atoms with Crippen molar-refractivity contribution in [1.29, 1.82) is 0 Å². The second-order valence-electron chi connectivity index (χ2n) is 5.47. The first kappa shape index (κ1) is 16.3. The molecule has 1 heterocycles. The van der Waals surface area contributed by atoms with Gasteiger partial charge in [0.2, 0.25) is 11.8 Å². The smallest absolute Gasteiger partial charge is 0.336 e. The maximum atomic E-state index is 12.7. The van der Waals surface area contributed by atoms with Gasteiger partial charge in [-0.2, -0.15) is 0 Å². The number of carbonyl (C=O) groups excluding carboxylic acids is 2. The van der Waals surface area contributed by atoms with E-state index in [4.69, 9.17) is 0 Å². The average Bonchev–Trinajstić information content (AvgIpc) is 2.82. The average molecular weight is 341 g/mol. The molecule has 1 N–H and O–H groups in total. The monoisotopic (exact) mass is 341 g/mol. The summed E-state index contributed by atoms with van der Waals surface area (Å²) in [6.45, 7) is 1.84. The zero-order valence-corrected chi connectivity index (χ0v) is 13.7. The lowest BCUT2D eigenvalue weighted by Gasteiger charge is -2.17. The largest absolute Gasteiger partial charge is 0.478 e. The molecule has 1 aliphatic heterocycles. The van der Waals surface area contributed by atoms with Gasteiger partial charge >= 0.3 is 5.97 Å². The second-order valence-corrected chi connectivity index (χ2v) is 6.71. The summed E-state index contributed by atoms with van der Waals surface area (Å²) in [5, 5.41) is 8.63. The number of aromatic carboxylic acids is 1. The van der Waals surface area contributed by atoms with Crippen LogP contribution in [-0.4, -0.2) is 28.1 Å². The zero-order valence-electron chi connectivity index (χ0n) is 12.9. The van der Waals surface area contributed by atoms with Gasteiger partial charge in [0.25, 0.3) is 0 Å². The van der Waals surface area contributed by atoms with E-state index in [-0.39, 0.29) is 23.8 Å². The van der Waals surface area contributed by atoms with Crippen LogP contribution in [0.3, 0.4) is 0 Å². The summed E-state index contributed by atoms with van der Waals surface area (Å²) in [6, 6.07) is 13.7. The summed E-state index contributed by atoms with van der Waals surface area (Å²) in [5.74, 6) is -1.62. The SMILES string of the molecule is Cc1ccccc1N1C(=O)C[C@@H](Sc2ccccc2C(=O)O)C1=O. The van der Waals surface area contributed by atoms with Crippen molar-refractivity contribution in [2.24, 2.45) is 0 Å². The molecule has 1 aliphatic rings. The van der Waals surface area contributed by atoms with E-state index in [1.54, 1.807) is 30.3 Å². The Hall–Kier alpha value is -2.60. The molecule has 6 heteroatoms. The van der Waals surface area contributed by atoms with Crippen molar-refractivity contribution < 1.29 is 19.5 Å². The lowest BCUT2D eigenvalue weighted by atomic mass is 10.2. The third-order valence-corrected chi connectivity index (χ3v) is 5.11. The van der Waals surface area contributed by atoms with Crippen LogP contribution in [0.25, 0.3) is 0 Å². The molecule has 1 saturated heterocycles. The quantitative estimate of drug-likeness (QED) is 0.865. The normalized spacial score (nSPS) is 17.4. The van der Waals surface area contributed by atoms with Crippen molar-refractivity contribution in [2.45, 2.75) is 23.5 Å². The number of imide groups is 1. The van der Waals surface area contributed by atoms with Gasteiger partial charge in [0, 0.05) is 11.3 Å². The molecule has 1 fully saturated rings. The van der Waals surface area contributed by atoms with Gasteiger partial charge in [-0.3, -0.25) is 9.59 Å². The van der Waals surface area contributed by atoms with Crippen LogP contribution in [-0.2, 0) is 9.59 Å². The molecule has 2 amide bonds. The fourth-order valence-electron chi connectivity index (χ4n) is 2.66. The number of benzene rings is 2. The Labute approximate surface area is 143 Å². The van der Waals surface area contributed by atoms with Crippen LogP contribution in [0.5, 0.6) is 0 Å². The fourth-order valence-corrected chi connectivity index (χ4v) is 3.84. The summed E-state index contributed by atoms with van der Waals surface area (Å²) in [7, 11) is 0. The molecule has 0 bridgehead atoms. The van der Waals surface area contributed by atoms with Crippen LogP contribution in [0.15, 0.2) is 53.4 Å². The summed E-state index contributed by atoms with van der Waals surface area (Å²) in [5.41, 5.74) is 1.56. The number of hydrogen-bond acceptors (Lipinski definition) is 4. The molecule has 3 rings (SSSR count). The van der Waals surface area contributed by atoms with Gasteiger partial charge in [0.15, 0.2) is 0 Å². The minimum Gasteiger partial charge on any atom is -0.478 e. The topological polar surface area (TPSA) is 74.7 Å². The predicted octanol–water partition coefficient (Wildman–Crippen LogP) is 3.12. The number of hydrogen-bond donors (Lipinski definition) is 1. The van der Waals surface area contributed by atoms with Gasteiger partial charge < -0.3 is 5.11 Å². The molecule has 0 aliphatic carbocycles. The van der Waals surface area contributed by atoms with Gasteiger partial charge in [0.1, 0.15) is 0 Å². The fraction of sp³-hybridized carbons (Fsp3) is 0.167. The lowest BCUT2D eigenvalue weighted by molar-refractivity contribution is -0.121. The third-order valence-electron chi connectivity index (χ3n) is 3.85. The molecule has 122 valence electrons. The first-order valence-corrected chi connectivity index (χ1v) is 8.28. The molecular formula is C18H15NO4S. The number of carboxylic acids is 1. The summed E-state index contributed by atoms with van der Waals surface area (Å²) in [4.78, 5) is 38.0. The number of amides is 2. The van der Waals surface area contributed by atoms with Crippen LogP contribution in [0.2, 0.25) is 0 Å². The maximum Gasteiger partial charge on any atom is 0.336 e. The molecule has 1 atom stereocenters. The number of para-hydroxylation sites is 1. The van der Waals surface area contributed by atoms with Gasteiger partial charge in [0.05, 0.1) is 16.5 Å². The molecule has 2 aromatic carbocycles. The molecule has 5 nitrogen and oxygen atoms in total. The Kier molecular flexibility index (Phi) is 4.40. The molecule has 0 saturated carbocycles. The molecular weight excluding hydrogens is 326 g/mol. The first-order chi connectivity index (χ1) is 11.5. The zero-order chi connectivity index (χ0) is 17.3. The second kappa shape index (κ2) is 6.49. The summed E-state index contributed by atoms with van der Waals surface area (Å²) >= 11 is 1.13. The maximum absolute atomic E-state index is 12.7. The third kappa shape index (κ3) is 2.92.